The number of rotatable bonds is 1. The number of carbonyl (C=O) groups is 1. The Kier molecular flexibility index (Phi) is 2.07. The number of carbonyl (C=O) groups excluding carboxylic acids is 1. The molecule has 0 radical (unpaired) electrons. The molecule has 1 unspecified atom stereocenters. The molecular formula is C15H23NO. The quantitative estimate of drug-likeness (QED) is 0.694. The maximum Gasteiger partial charge on any atom is 0.135 e. The zero-order valence-electron chi connectivity index (χ0n) is 10.7. The lowest BCUT2D eigenvalue weighted by molar-refractivity contribution is -0.150. The highest BCUT2D eigenvalue weighted by Crippen LogP contribution is 2.66. The van der Waals surface area contributed by atoms with Crippen molar-refractivity contribution in [1.29, 1.82) is 0 Å². The number of hydrogen-bond donors (Lipinski definition) is 0. The summed E-state index contributed by atoms with van der Waals surface area (Å²) in [5.74, 6) is 1.52. The third kappa shape index (κ3) is 1.46. The van der Waals surface area contributed by atoms with Crippen LogP contribution in [0.4, 0.5) is 0 Å². The molecule has 0 amide bonds. The van der Waals surface area contributed by atoms with Crippen LogP contribution in [-0.2, 0) is 4.79 Å². The summed E-state index contributed by atoms with van der Waals surface area (Å²) in [7, 11) is 0. The Labute approximate surface area is 104 Å². The van der Waals surface area contributed by atoms with E-state index in [1.165, 1.54) is 44.9 Å². The average Bonchev–Trinajstić information content (AvgIpc) is 2.27. The predicted octanol–water partition coefficient (Wildman–Crippen LogP) is 2.76. The lowest BCUT2D eigenvalue weighted by Gasteiger charge is -2.66. The van der Waals surface area contributed by atoms with Crippen molar-refractivity contribution < 1.29 is 4.79 Å². The van der Waals surface area contributed by atoms with Gasteiger partial charge in [-0.2, -0.15) is 0 Å². The summed E-state index contributed by atoms with van der Waals surface area (Å²) in [6, 6.07) is 0. The second kappa shape index (κ2) is 3.34. The van der Waals surface area contributed by atoms with Gasteiger partial charge in [-0.15, -0.1) is 0 Å². The largest absolute Gasteiger partial charge is 0.300 e. The molecule has 2 nitrogen and oxygen atoms in total. The van der Waals surface area contributed by atoms with E-state index >= 15 is 0 Å². The molecule has 1 aliphatic heterocycles. The Balaban J connectivity index is 1.57. The van der Waals surface area contributed by atoms with E-state index in [9.17, 15) is 4.79 Å². The third-order valence-electron chi connectivity index (χ3n) is 6.16. The van der Waals surface area contributed by atoms with Crippen molar-refractivity contribution in [2.45, 2.75) is 63.3 Å². The maximum atomic E-state index is 11.4. The van der Waals surface area contributed by atoms with Gasteiger partial charge in [0.05, 0.1) is 0 Å². The zero-order valence-corrected chi connectivity index (χ0v) is 10.7. The topological polar surface area (TPSA) is 20.3 Å². The zero-order chi connectivity index (χ0) is 11.5. The molecule has 1 saturated heterocycles. The maximum absolute atomic E-state index is 11.4. The molecule has 3 bridgehead atoms. The first kappa shape index (κ1) is 10.5. The first-order valence-corrected chi connectivity index (χ1v) is 7.47. The van der Waals surface area contributed by atoms with Crippen LogP contribution in [0.25, 0.3) is 0 Å². The van der Waals surface area contributed by atoms with Gasteiger partial charge in [-0.25, -0.2) is 0 Å². The van der Waals surface area contributed by atoms with Crippen LogP contribution in [0.2, 0.25) is 0 Å². The van der Waals surface area contributed by atoms with Crippen LogP contribution in [0.1, 0.15) is 57.8 Å². The Hall–Kier alpha value is -0.370. The lowest BCUT2D eigenvalue weighted by Crippen LogP contribution is -2.64. The number of likely N-dealkylation sites (tertiary alicyclic amines) is 1. The summed E-state index contributed by atoms with van der Waals surface area (Å²) in [6.07, 6.45) is 12.0. The highest BCUT2D eigenvalue weighted by atomic mass is 16.1. The Bertz CT molecular complexity index is 342. The van der Waals surface area contributed by atoms with Gasteiger partial charge in [0.25, 0.3) is 0 Å². The van der Waals surface area contributed by atoms with Crippen molar-refractivity contribution in [1.82, 2.24) is 4.90 Å². The van der Waals surface area contributed by atoms with Gasteiger partial charge in [0.15, 0.2) is 0 Å². The normalized spacial score (nSPS) is 49.9. The molecule has 4 saturated carbocycles. The molecule has 0 aromatic rings. The number of piperidine rings is 1. The molecule has 2 heteroatoms. The molecule has 1 atom stereocenters. The van der Waals surface area contributed by atoms with Crippen LogP contribution in [0.5, 0.6) is 0 Å². The first-order valence-electron chi connectivity index (χ1n) is 7.47. The minimum atomic E-state index is 0.490. The fraction of sp³-hybridized carbons (Fsp3) is 0.933. The number of ketones is 1. The van der Waals surface area contributed by atoms with E-state index in [2.05, 4.69) is 4.90 Å². The van der Waals surface area contributed by atoms with E-state index in [-0.39, 0.29) is 0 Å². The lowest BCUT2D eigenvalue weighted by atomic mass is 9.44. The van der Waals surface area contributed by atoms with Crippen LogP contribution in [0.3, 0.4) is 0 Å². The van der Waals surface area contributed by atoms with Gasteiger partial charge in [-0.3, -0.25) is 9.69 Å². The Morgan fingerprint density at radius 3 is 2.59 bits per heavy atom. The van der Waals surface area contributed by atoms with Crippen molar-refractivity contribution in [2.75, 3.05) is 13.1 Å². The van der Waals surface area contributed by atoms with E-state index in [0.717, 1.165) is 37.3 Å². The highest BCUT2D eigenvalue weighted by Gasteiger charge is 2.59. The number of hydrogen-bond acceptors (Lipinski definition) is 2. The second-order valence-corrected chi connectivity index (χ2v) is 7.26. The summed E-state index contributed by atoms with van der Waals surface area (Å²) in [5, 5.41) is 0. The molecule has 0 aromatic heterocycles. The molecule has 1 heterocycles. The SMILES string of the molecule is O=C1CCN(C23CCCC4(CC(C4)C2)C3)CC1. The smallest absolute Gasteiger partial charge is 0.135 e. The molecule has 5 aliphatic rings. The first-order chi connectivity index (χ1) is 8.20. The number of nitrogens with zero attached hydrogens (tertiary/aromatic N) is 1. The van der Waals surface area contributed by atoms with Crippen molar-refractivity contribution in [3.05, 3.63) is 0 Å². The van der Waals surface area contributed by atoms with Crippen molar-refractivity contribution >= 4 is 5.78 Å². The molecule has 94 valence electrons. The summed E-state index contributed by atoms with van der Waals surface area (Å²) < 4.78 is 0. The molecule has 5 rings (SSSR count). The van der Waals surface area contributed by atoms with Gasteiger partial charge in [0.1, 0.15) is 5.78 Å². The molecule has 0 N–H and O–H groups in total. The van der Waals surface area contributed by atoms with Crippen LogP contribution < -0.4 is 0 Å². The minimum absolute atomic E-state index is 0.490. The standard InChI is InChI=1S/C15H23NO/c17-13-2-6-16(7-3-13)15-5-1-4-14(11-15)8-12(9-14)10-15/h12H,1-11H2. The Morgan fingerprint density at radius 1 is 1.06 bits per heavy atom. The third-order valence-corrected chi connectivity index (χ3v) is 6.16. The fourth-order valence-corrected chi connectivity index (χ4v) is 5.67. The summed E-state index contributed by atoms with van der Waals surface area (Å²) >= 11 is 0. The molecule has 1 spiro atoms. The van der Waals surface area contributed by atoms with E-state index in [1.54, 1.807) is 0 Å². The van der Waals surface area contributed by atoms with Gasteiger partial charge in [-0.1, -0.05) is 6.42 Å². The molecule has 5 fully saturated rings. The van der Waals surface area contributed by atoms with Crippen LogP contribution in [0, 0.1) is 11.3 Å². The van der Waals surface area contributed by atoms with Crippen molar-refractivity contribution in [3.63, 3.8) is 0 Å². The summed E-state index contributed by atoms with van der Waals surface area (Å²) in [4.78, 5) is 14.1. The summed E-state index contributed by atoms with van der Waals surface area (Å²) in [5.41, 5.74) is 1.28. The van der Waals surface area contributed by atoms with Gasteiger partial charge < -0.3 is 0 Å². The van der Waals surface area contributed by atoms with Crippen LogP contribution in [-0.4, -0.2) is 29.3 Å². The monoisotopic (exact) mass is 233 g/mol. The van der Waals surface area contributed by atoms with Crippen LogP contribution >= 0.6 is 0 Å². The Morgan fingerprint density at radius 2 is 1.82 bits per heavy atom. The molecule has 0 aromatic carbocycles. The van der Waals surface area contributed by atoms with E-state index in [1.807, 2.05) is 0 Å². The number of Topliss-reactive ketones (excluding diaryl/α,β-unsaturated/α-hetero) is 1. The minimum Gasteiger partial charge on any atom is -0.300 e. The molecular weight excluding hydrogens is 210 g/mol. The van der Waals surface area contributed by atoms with Crippen LogP contribution in [0.15, 0.2) is 0 Å². The van der Waals surface area contributed by atoms with Gasteiger partial charge in [0, 0.05) is 31.5 Å². The van der Waals surface area contributed by atoms with Crippen molar-refractivity contribution in [2.24, 2.45) is 11.3 Å². The van der Waals surface area contributed by atoms with Crippen molar-refractivity contribution in [3.8, 4) is 0 Å². The molecule has 4 aliphatic carbocycles. The van der Waals surface area contributed by atoms with E-state index in [4.69, 9.17) is 0 Å². The van der Waals surface area contributed by atoms with Gasteiger partial charge in [0.2, 0.25) is 0 Å². The van der Waals surface area contributed by atoms with Gasteiger partial charge >= 0.3 is 0 Å². The van der Waals surface area contributed by atoms with Gasteiger partial charge in [-0.05, 0) is 49.9 Å². The van der Waals surface area contributed by atoms with E-state index < -0.39 is 0 Å². The highest BCUT2D eigenvalue weighted by molar-refractivity contribution is 5.79. The van der Waals surface area contributed by atoms with E-state index in [0.29, 0.717) is 11.3 Å². The fourth-order valence-electron chi connectivity index (χ4n) is 5.67. The molecule has 17 heavy (non-hydrogen) atoms. The average molecular weight is 233 g/mol. The summed E-state index contributed by atoms with van der Waals surface area (Å²) in [6.45, 7) is 2.11. The predicted molar refractivity (Wildman–Crippen MR) is 66.8 cm³/mol. The second-order valence-electron chi connectivity index (χ2n) is 7.26.